The van der Waals surface area contributed by atoms with Crippen LogP contribution in [-0.2, 0) is 0 Å². The summed E-state index contributed by atoms with van der Waals surface area (Å²) in [5.74, 6) is 3.43. The Balaban J connectivity index is 2.53. The number of halogens is 1. The predicted molar refractivity (Wildman–Crippen MR) is 53.4 cm³/mol. The van der Waals surface area contributed by atoms with E-state index >= 15 is 0 Å². The molecular formula is C9H8ClNS. The third kappa shape index (κ3) is 2.77. The van der Waals surface area contributed by atoms with Crippen LogP contribution in [0.1, 0.15) is 6.42 Å². The fourth-order valence-electron chi connectivity index (χ4n) is 0.684. The highest BCUT2D eigenvalue weighted by Crippen LogP contribution is 2.24. The monoisotopic (exact) mass is 197 g/mol. The Morgan fingerprint density at radius 1 is 1.67 bits per heavy atom. The maximum absolute atomic E-state index is 5.87. The van der Waals surface area contributed by atoms with Gasteiger partial charge in [-0.25, -0.2) is 4.98 Å². The minimum Gasteiger partial charge on any atom is -0.248 e. The molecule has 0 aliphatic carbocycles. The average Bonchev–Trinajstić information content (AvgIpc) is 2.09. The van der Waals surface area contributed by atoms with E-state index < -0.39 is 0 Å². The van der Waals surface area contributed by atoms with Gasteiger partial charge in [-0.1, -0.05) is 11.6 Å². The summed E-state index contributed by atoms with van der Waals surface area (Å²) in [6, 6.07) is 3.64. The number of nitrogens with zero attached hydrogens (tertiary/aromatic N) is 1. The molecule has 0 spiro atoms. The highest BCUT2D eigenvalue weighted by molar-refractivity contribution is 7.99. The molecule has 0 atom stereocenters. The Bertz CT molecular complexity index is 293. The lowest BCUT2D eigenvalue weighted by molar-refractivity contribution is 1.13. The highest BCUT2D eigenvalue weighted by atomic mass is 35.5. The van der Waals surface area contributed by atoms with E-state index in [1.165, 1.54) is 0 Å². The van der Waals surface area contributed by atoms with Crippen molar-refractivity contribution in [1.29, 1.82) is 0 Å². The van der Waals surface area contributed by atoms with Gasteiger partial charge in [0, 0.05) is 18.4 Å². The summed E-state index contributed by atoms with van der Waals surface area (Å²) >= 11 is 7.45. The van der Waals surface area contributed by atoms with Crippen molar-refractivity contribution in [3.8, 4) is 12.3 Å². The van der Waals surface area contributed by atoms with Gasteiger partial charge in [0.25, 0.3) is 0 Å². The molecule has 12 heavy (non-hydrogen) atoms. The highest BCUT2D eigenvalue weighted by Gasteiger charge is 1.99. The van der Waals surface area contributed by atoms with Crippen LogP contribution in [0.2, 0.25) is 5.02 Å². The van der Waals surface area contributed by atoms with Crippen molar-refractivity contribution in [2.75, 3.05) is 5.75 Å². The number of aromatic nitrogens is 1. The van der Waals surface area contributed by atoms with Gasteiger partial charge in [0.2, 0.25) is 0 Å². The minimum atomic E-state index is 0.694. The second-order valence-corrected chi connectivity index (χ2v) is 3.58. The molecule has 0 N–H and O–H groups in total. The topological polar surface area (TPSA) is 12.9 Å². The first-order valence-electron chi connectivity index (χ1n) is 3.51. The van der Waals surface area contributed by atoms with Crippen molar-refractivity contribution in [3.05, 3.63) is 23.4 Å². The fourth-order valence-corrected chi connectivity index (χ4v) is 1.72. The first-order chi connectivity index (χ1) is 5.84. The smallest absolute Gasteiger partial charge is 0.115 e. The van der Waals surface area contributed by atoms with E-state index in [1.807, 2.05) is 12.1 Å². The van der Waals surface area contributed by atoms with E-state index in [2.05, 4.69) is 10.9 Å². The largest absolute Gasteiger partial charge is 0.248 e. The van der Waals surface area contributed by atoms with E-state index in [9.17, 15) is 0 Å². The van der Waals surface area contributed by atoms with Gasteiger partial charge >= 0.3 is 0 Å². The predicted octanol–water partition coefficient (Wildman–Crippen LogP) is 2.85. The van der Waals surface area contributed by atoms with Gasteiger partial charge in [0.05, 0.1) is 5.02 Å². The molecule has 0 aromatic carbocycles. The summed E-state index contributed by atoms with van der Waals surface area (Å²) in [5.41, 5.74) is 0. The number of hydrogen-bond donors (Lipinski definition) is 0. The molecule has 0 amide bonds. The van der Waals surface area contributed by atoms with Crippen LogP contribution in [0.15, 0.2) is 23.4 Å². The summed E-state index contributed by atoms with van der Waals surface area (Å²) in [4.78, 5) is 4.11. The van der Waals surface area contributed by atoms with Crippen molar-refractivity contribution < 1.29 is 0 Å². The van der Waals surface area contributed by atoms with Crippen LogP contribution in [0.5, 0.6) is 0 Å². The quantitative estimate of drug-likeness (QED) is 0.420. The average molecular weight is 198 g/mol. The molecule has 3 heteroatoms. The molecule has 0 radical (unpaired) electrons. The second kappa shape index (κ2) is 5.08. The SMILES string of the molecule is C#CCCSc1ncccc1Cl. The van der Waals surface area contributed by atoms with Crippen molar-refractivity contribution in [1.82, 2.24) is 4.98 Å². The normalized spacial score (nSPS) is 9.33. The van der Waals surface area contributed by atoms with Crippen molar-refractivity contribution >= 4 is 23.4 Å². The maximum Gasteiger partial charge on any atom is 0.115 e. The van der Waals surface area contributed by atoms with Gasteiger partial charge < -0.3 is 0 Å². The van der Waals surface area contributed by atoms with Gasteiger partial charge in [-0.05, 0) is 12.1 Å². The summed E-state index contributed by atoms with van der Waals surface area (Å²) in [6.45, 7) is 0. The van der Waals surface area contributed by atoms with Crippen molar-refractivity contribution in [3.63, 3.8) is 0 Å². The third-order valence-corrected chi connectivity index (χ3v) is 2.63. The van der Waals surface area contributed by atoms with Crippen LogP contribution in [0, 0.1) is 12.3 Å². The Morgan fingerprint density at radius 2 is 2.50 bits per heavy atom. The van der Waals surface area contributed by atoms with Gasteiger partial charge in [0.15, 0.2) is 0 Å². The van der Waals surface area contributed by atoms with E-state index in [1.54, 1.807) is 18.0 Å². The van der Waals surface area contributed by atoms with E-state index in [0.717, 1.165) is 17.2 Å². The van der Waals surface area contributed by atoms with Crippen LogP contribution in [-0.4, -0.2) is 10.7 Å². The zero-order valence-electron chi connectivity index (χ0n) is 6.46. The molecule has 0 aliphatic rings. The zero-order chi connectivity index (χ0) is 8.81. The standard InChI is InChI=1S/C9H8ClNS/c1-2-3-7-12-9-8(10)5-4-6-11-9/h1,4-6H,3,7H2. The van der Waals surface area contributed by atoms with Gasteiger partial charge in [-0.2, -0.15) is 0 Å². The Kier molecular flexibility index (Phi) is 3.99. The number of thioether (sulfide) groups is 1. The van der Waals surface area contributed by atoms with Crippen molar-refractivity contribution in [2.45, 2.75) is 11.4 Å². The molecule has 1 nitrogen and oxygen atoms in total. The Morgan fingerprint density at radius 3 is 3.17 bits per heavy atom. The number of terminal acetylenes is 1. The lowest BCUT2D eigenvalue weighted by Gasteiger charge is -1.99. The molecule has 0 fully saturated rings. The molecule has 0 saturated heterocycles. The number of hydrogen-bond acceptors (Lipinski definition) is 2. The molecular weight excluding hydrogens is 190 g/mol. The van der Waals surface area contributed by atoms with Crippen LogP contribution in [0.25, 0.3) is 0 Å². The van der Waals surface area contributed by atoms with E-state index in [4.69, 9.17) is 18.0 Å². The van der Waals surface area contributed by atoms with Gasteiger partial charge in [0.1, 0.15) is 5.03 Å². The Labute approximate surface area is 81.5 Å². The molecule has 1 heterocycles. The summed E-state index contributed by atoms with van der Waals surface area (Å²) in [5, 5.41) is 1.55. The first-order valence-corrected chi connectivity index (χ1v) is 4.87. The van der Waals surface area contributed by atoms with E-state index in [-0.39, 0.29) is 0 Å². The number of pyridine rings is 1. The Hall–Kier alpha value is -0.650. The molecule has 1 rings (SSSR count). The van der Waals surface area contributed by atoms with Gasteiger partial charge in [-0.3, -0.25) is 0 Å². The lowest BCUT2D eigenvalue weighted by atomic mass is 10.5. The van der Waals surface area contributed by atoms with Crippen molar-refractivity contribution in [2.24, 2.45) is 0 Å². The number of rotatable bonds is 3. The van der Waals surface area contributed by atoms with Crippen LogP contribution < -0.4 is 0 Å². The van der Waals surface area contributed by atoms with Crippen LogP contribution in [0.3, 0.4) is 0 Å². The zero-order valence-corrected chi connectivity index (χ0v) is 8.03. The van der Waals surface area contributed by atoms with Crippen LogP contribution in [0.4, 0.5) is 0 Å². The minimum absolute atomic E-state index is 0.694. The van der Waals surface area contributed by atoms with E-state index in [0.29, 0.717) is 5.02 Å². The molecule has 0 unspecified atom stereocenters. The lowest BCUT2D eigenvalue weighted by Crippen LogP contribution is -1.82. The third-order valence-electron chi connectivity index (χ3n) is 1.21. The maximum atomic E-state index is 5.87. The first kappa shape index (κ1) is 9.44. The molecule has 0 saturated carbocycles. The molecule has 1 aromatic heterocycles. The summed E-state index contributed by atoms with van der Waals surface area (Å²) < 4.78 is 0. The van der Waals surface area contributed by atoms with Crippen LogP contribution >= 0.6 is 23.4 Å². The fraction of sp³-hybridized carbons (Fsp3) is 0.222. The molecule has 0 bridgehead atoms. The second-order valence-electron chi connectivity index (χ2n) is 2.09. The molecule has 62 valence electrons. The summed E-state index contributed by atoms with van der Waals surface area (Å²) in [7, 11) is 0. The summed E-state index contributed by atoms with van der Waals surface area (Å²) in [6.07, 6.45) is 7.59. The van der Waals surface area contributed by atoms with Gasteiger partial charge in [-0.15, -0.1) is 24.1 Å². The molecule has 0 aliphatic heterocycles. The molecule has 1 aromatic rings.